The van der Waals surface area contributed by atoms with E-state index in [0.29, 0.717) is 25.9 Å². The van der Waals surface area contributed by atoms with Crippen molar-refractivity contribution in [3.05, 3.63) is 21.4 Å². The number of amides is 1. The number of carbonyl (C=O) groups is 1. The number of nitrogens with one attached hydrogen (secondary N) is 1. The zero-order valence-corrected chi connectivity index (χ0v) is 16.7. The molecule has 0 bridgehead atoms. The van der Waals surface area contributed by atoms with E-state index in [1.807, 2.05) is 0 Å². The van der Waals surface area contributed by atoms with Crippen molar-refractivity contribution in [2.75, 3.05) is 18.8 Å². The van der Waals surface area contributed by atoms with Gasteiger partial charge in [0.05, 0.1) is 10.6 Å². The van der Waals surface area contributed by atoms with Crippen molar-refractivity contribution >= 4 is 27.3 Å². The molecule has 1 amide bonds. The first-order chi connectivity index (χ1) is 11.9. The van der Waals surface area contributed by atoms with Crippen molar-refractivity contribution in [2.45, 2.75) is 58.4 Å². The number of hydrogen-bond acceptors (Lipinski definition) is 4. The third kappa shape index (κ3) is 4.26. The van der Waals surface area contributed by atoms with Crippen LogP contribution in [0.25, 0.3) is 0 Å². The molecule has 0 spiro atoms. The van der Waals surface area contributed by atoms with E-state index in [2.05, 4.69) is 18.3 Å². The first kappa shape index (κ1) is 18.9. The van der Waals surface area contributed by atoms with Gasteiger partial charge in [-0.15, -0.1) is 11.3 Å². The van der Waals surface area contributed by atoms with E-state index in [-0.39, 0.29) is 17.7 Å². The molecule has 2 aliphatic rings. The van der Waals surface area contributed by atoms with Crippen LogP contribution in [0.2, 0.25) is 0 Å². The highest BCUT2D eigenvalue weighted by molar-refractivity contribution is 7.89. The summed E-state index contributed by atoms with van der Waals surface area (Å²) >= 11 is 1.63. The summed E-state index contributed by atoms with van der Waals surface area (Å²) in [7, 11) is -3.11. The van der Waals surface area contributed by atoms with Crippen LogP contribution in [0.3, 0.4) is 0 Å². The summed E-state index contributed by atoms with van der Waals surface area (Å²) in [5.41, 5.74) is 1.36. The molecule has 5 nitrogen and oxygen atoms in total. The van der Waals surface area contributed by atoms with Crippen LogP contribution in [0.5, 0.6) is 0 Å². The van der Waals surface area contributed by atoms with Gasteiger partial charge in [-0.05, 0) is 56.6 Å². The molecule has 2 heterocycles. The number of nitrogens with zero attached hydrogens (tertiary/aromatic N) is 1. The van der Waals surface area contributed by atoms with Crippen molar-refractivity contribution in [3.63, 3.8) is 0 Å². The molecule has 7 heteroatoms. The second kappa shape index (κ2) is 7.76. The third-order valence-corrected chi connectivity index (χ3v) is 8.65. The Kier molecular flexibility index (Phi) is 5.85. The average Bonchev–Trinajstić information content (AvgIpc) is 3.05. The summed E-state index contributed by atoms with van der Waals surface area (Å²) in [6, 6.07) is 2.15. The normalized spacial score (nSPS) is 22.6. The van der Waals surface area contributed by atoms with Gasteiger partial charge in [0, 0.05) is 24.0 Å². The first-order valence-electron chi connectivity index (χ1n) is 9.33. The van der Waals surface area contributed by atoms with Crippen molar-refractivity contribution in [3.8, 4) is 0 Å². The lowest BCUT2D eigenvalue weighted by Gasteiger charge is -2.31. The van der Waals surface area contributed by atoms with Crippen molar-refractivity contribution in [1.82, 2.24) is 9.62 Å². The number of aryl methyl sites for hydroxylation is 1. The predicted molar refractivity (Wildman–Crippen MR) is 102 cm³/mol. The second-order valence-corrected chi connectivity index (χ2v) is 10.5. The molecule has 1 saturated heterocycles. The van der Waals surface area contributed by atoms with Crippen LogP contribution in [-0.4, -0.2) is 43.5 Å². The molecule has 1 aliphatic heterocycles. The average molecular weight is 385 g/mol. The van der Waals surface area contributed by atoms with Gasteiger partial charge < -0.3 is 5.32 Å². The van der Waals surface area contributed by atoms with Crippen LogP contribution in [-0.2, 0) is 22.9 Å². The second-order valence-electron chi connectivity index (χ2n) is 7.12. The number of fused-ring (bicyclic) bond motifs is 1. The molecule has 1 aromatic rings. The van der Waals surface area contributed by atoms with Gasteiger partial charge in [0.1, 0.15) is 0 Å². The molecule has 3 rings (SSSR count). The van der Waals surface area contributed by atoms with E-state index in [9.17, 15) is 13.2 Å². The molecule has 1 aromatic heterocycles. The molecule has 1 fully saturated rings. The fourth-order valence-corrected chi connectivity index (χ4v) is 6.02. The van der Waals surface area contributed by atoms with Gasteiger partial charge in [0.25, 0.3) is 5.91 Å². The first-order valence-corrected chi connectivity index (χ1v) is 11.8. The Balaban J connectivity index is 1.56. The smallest absolute Gasteiger partial charge is 0.261 e. The van der Waals surface area contributed by atoms with Gasteiger partial charge in [0.2, 0.25) is 10.0 Å². The quantitative estimate of drug-likeness (QED) is 0.849. The Morgan fingerprint density at radius 1 is 1.28 bits per heavy atom. The van der Waals surface area contributed by atoms with Crippen LogP contribution >= 0.6 is 11.3 Å². The summed E-state index contributed by atoms with van der Waals surface area (Å²) in [4.78, 5) is 14.8. The highest BCUT2D eigenvalue weighted by Gasteiger charge is 2.28. The number of piperidine rings is 1. The molecule has 140 valence electrons. The SMILES string of the molecule is CC[C@@H]1CCc2sc(C(=O)NC3CCN(S(=O)(=O)CC)CC3)cc2C1. The van der Waals surface area contributed by atoms with E-state index in [4.69, 9.17) is 0 Å². The maximum absolute atomic E-state index is 12.6. The minimum Gasteiger partial charge on any atom is -0.349 e. The van der Waals surface area contributed by atoms with Gasteiger partial charge in [-0.1, -0.05) is 13.3 Å². The van der Waals surface area contributed by atoms with Crippen molar-refractivity contribution < 1.29 is 13.2 Å². The van der Waals surface area contributed by atoms with E-state index in [0.717, 1.165) is 23.6 Å². The number of sulfonamides is 1. The lowest BCUT2D eigenvalue weighted by molar-refractivity contribution is 0.0928. The van der Waals surface area contributed by atoms with Gasteiger partial charge in [-0.3, -0.25) is 4.79 Å². The number of thiophene rings is 1. The fourth-order valence-electron chi connectivity index (χ4n) is 3.78. The fraction of sp³-hybridized carbons (Fsp3) is 0.722. The van der Waals surface area contributed by atoms with E-state index < -0.39 is 10.0 Å². The Labute approximate surface area is 154 Å². The molecule has 0 saturated carbocycles. The van der Waals surface area contributed by atoms with Crippen LogP contribution in [0.1, 0.15) is 59.6 Å². The van der Waals surface area contributed by atoms with Gasteiger partial charge in [-0.2, -0.15) is 0 Å². The molecule has 0 unspecified atom stereocenters. The van der Waals surface area contributed by atoms with Gasteiger partial charge in [0.15, 0.2) is 0 Å². The minimum atomic E-state index is -3.11. The minimum absolute atomic E-state index is 0.00393. The molecular formula is C18H28N2O3S2. The van der Waals surface area contributed by atoms with Crippen LogP contribution < -0.4 is 5.32 Å². The van der Waals surface area contributed by atoms with Crippen LogP contribution in [0.15, 0.2) is 6.07 Å². The van der Waals surface area contributed by atoms with Gasteiger partial charge in [-0.25, -0.2) is 12.7 Å². The maximum Gasteiger partial charge on any atom is 0.261 e. The van der Waals surface area contributed by atoms with Crippen LogP contribution in [0.4, 0.5) is 0 Å². The van der Waals surface area contributed by atoms with Crippen molar-refractivity contribution in [1.29, 1.82) is 0 Å². The zero-order chi connectivity index (χ0) is 18.0. The highest BCUT2D eigenvalue weighted by Crippen LogP contribution is 2.33. The Bertz CT molecular complexity index is 719. The van der Waals surface area contributed by atoms with E-state index >= 15 is 0 Å². The lowest BCUT2D eigenvalue weighted by Crippen LogP contribution is -2.46. The van der Waals surface area contributed by atoms with E-state index in [1.54, 1.807) is 22.6 Å². The largest absolute Gasteiger partial charge is 0.349 e. The van der Waals surface area contributed by atoms with Crippen molar-refractivity contribution in [2.24, 2.45) is 5.92 Å². The molecule has 1 N–H and O–H groups in total. The third-order valence-electron chi connectivity index (χ3n) is 5.53. The standard InChI is InChI=1S/C18H28N2O3S2/c1-3-13-5-6-16-14(11-13)12-17(24-16)18(21)19-15-7-9-20(10-8-15)25(22,23)4-2/h12-13,15H,3-11H2,1-2H3,(H,19,21)/t13-/m1/s1. The number of carbonyl (C=O) groups excluding carboxylic acids is 1. The Hall–Kier alpha value is -0.920. The lowest BCUT2D eigenvalue weighted by atomic mass is 9.87. The van der Waals surface area contributed by atoms with Gasteiger partial charge >= 0.3 is 0 Å². The molecular weight excluding hydrogens is 356 g/mol. The Morgan fingerprint density at radius 2 is 2.00 bits per heavy atom. The Morgan fingerprint density at radius 3 is 2.64 bits per heavy atom. The highest BCUT2D eigenvalue weighted by atomic mass is 32.2. The zero-order valence-electron chi connectivity index (χ0n) is 15.1. The number of rotatable bonds is 5. The molecule has 1 atom stereocenters. The molecule has 1 aliphatic carbocycles. The summed E-state index contributed by atoms with van der Waals surface area (Å²) in [5.74, 6) is 0.899. The molecule has 0 radical (unpaired) electrons. The topological polar surface area (TPSA) is 66.5 Å². The predicted octanol–water partition coefficient (Wildman–Crippen LogP) is 2.81. The summed E-state index contributed by atoms with van der Waals surface area (Å²) in [6.07, 6.45) is 6.01. The maximum atomic E-state index is 12.6. The number of hydrogen-bond donors (Lipinski definition) is 1. The summed E-state index contributed by atoms with van der Waals surface area (Å²) in [6.45, 7) is 4.91. The summed E-state index contributed by atoms with van der Waals surface area (Å²) in [5, 5.41) is 3.11. The monoisotopic (exact) mass is 384 g/mol. The molecule has 25 heavy (non-hydrogen) atoms. The van der Waals surface area contributed by atoms with Crippen LogP contribution in [0, 0.1) is 5.92 Å². The van der Waals surface area contributed by atoms with E-state index in [1.165, 1.54) is 23.3 Å². The summed E-state index contributed by atoms with van der Waals surface area (Å²) < 4.78 is 25.4. The molecule has 0 aromatic carbocycles.